The second-order valence-corrected chi connectivity index (χ2v) is 7.27. The number of carbonyl (C=O) groups excluding carboxylic acids is 2. The van der Waals surface area contributed by atoms with E-state index < -0.39 is 0 Å². The van der Waals surface area contributed by atoms with E-state index in [2.05, 4.69) is 17.6 Å². The highest BCUT2D eigenvalue weighted by Gasteiger charge is 2.28. The summed E-state index contributed by atoms with van der Waals surface area (Å²) in [5.74, 6) is 1.14. The van der Waals surface area contributed by atoms with Crippen molar-refractivity contribution in [3.8, 4) is 0 Å². The third kappa shape index (κ3) is 4.76. The maximum atomic E-state index is 12.5. The van der Waals surface area contributed by atoms with Gasteiger partial charge in [0.15, 0.2) is 0 Å². The van der Waals surface area contributed by atoms with Gasteiger partial charge < -0.3 is 30.1 Å². The fourth-order valence-electron chi connectivity index (χ4n) is 3.76. The summed E-state index contributed by atoms with van der Waals surface area (Å²) in [5, 5.41) is 6.47. The van der Waals surface area contributed by atoms with Crippen LogP contribution < -0.4 is 10.6 Å². The fourth-order valence-corrected chi connectivity index (χ4v) is 3.76. The molecule has 8 heteroatoms. The van der Waals surface area contributed by atoms with Crippen LogP contribution in [0.3, 0.4) is 0 Å². The Kier molecular flexibility index (Phi) is 6.36. The summed E-state index contributed by atoms with van der Waals surface area (Å²) < 4.78 is 5.29. The summed E-state index contributed by atoms with van der Waals surface area (Å²) in [6.45, 7) is 10.0. The number of hydrogen-bond acceptors (Lipinski definition) is 4. The van der Waals surface area contributed by atoms with E-state index in [9.17, 15) is 9.59 Å². The Balaban J connectivity index is 1.39. The first-order valence-corrected chi connectivity index (χ1v) is 9.50. The van der Waals surface area contributed by atoms with Crippen molar-refractivity contribution in [1.82, 2.24) is 25.3 Å². The van der Waals surface area contributed by atoms with Gasteiger partial charge in [0, 0.05) is 45.8 Å². The molecule has 3 aliphatic heterocycles. The minimum Gasteiger partial charge on any atom is -0.378 e. The summed E-state index contributed by atoms with van der Waals surface area (Å²) in [6, 6.07) is 0.0797. The summed E-state index contributed by atoms with van der Waals surface area (Å²) >= 11 is 0. The second-order valence-electron chi connectivity index (χ2n) is 7.27. The average molecular weight is 353 g/mol. The largest absolute Gasteiger partial charge is 0.378 e. The lowest BCUT2D eigenvalue weighted by Gasteiger charge is -2.38. The predicted octanol–water partition coefficient (Wildman–Crippen LogP) is 0.0114. The van der Waals surface area contributed by atoms with Crippen molar-refractivity contribution in [2.45, 2.75) is 13.3 Å². The SMILES string of the molecule is CC1CNCCC1CNC(=O)N1CCN(C(=O)N2CCOCC2)CC1. The molecular weight excluding hydrogens is 322 g/mol. The number of carbonyl (C=O) groups is 2. The van der Waals surface area contributed by atoms with E-state index in [0.29, 0.717) is 64.3 Å². The van der Waals surface area contributed by atoms with E-state index in [4.69, 9.17) is 4.74 Å². The van der Waals surface area contributed by atoms with Crippen LogP contribution in [0.15, 0.2) is 0 Å². The third-order valence-electron chi connectivity index (χ3n) is 5.60. The number of amides is 4. The van der Waals surface area contributed by atoms with Crippen LogP contribution in [0.4, 0.5) is 9.59 Å². The molecule has 2 unspecified atom stereocenters. The van der Waals surface area contributed by atoms with Gasteiger partial charge in [0.25, 0.3) is 0 Å². The molecule has 3 heterocycles. The fraction of sp³-hybridized carbons (Fsp3) is 0.882. The van der Waals surface area contributed by atoms with Crippen molar-refractivity contribution in [3.05, 3.63) is 0 Å². The van der Waals surface area contributed by atoms with Gasteiger partial charge in [-0.05, 0) is 31.3 Å². The highest BCUT2D eigenvalue weighted by Crippen LogP contribution is 2.17. The molecule has 8 nitrogen and oxygen atoms in total. The minimum atomic E-state index is 0.00389. The lowest BCUT2D eigenvalue weighted by Crippen LogP contribution is -2.57. The Morgan fingerprint density at radius 1 is 1.04 bits per heavy atom. The number of piperazine rings is 1. The maximum absolute atomic E-state index is 12.5. The zero-order chi connectivity index (χ0) is 17.6. The zero-order valence-electron chi connectivity index (χ0n) is 15.2. The van der Waals surface area contributed by atoms with Crippen molar-refractivity contribution in [1.29, 1.82) is 0 Å². The van der Waals surface area contributed by atoms with Crippen LogP contribution in [-0.4, -0.2) is 98.9 Å². The zero-order valence-corrected chi connectivity index (χ0v) is 15.2. The monoisotopic (exact) mass is 353 g/mol. The molecule has 0 saturated carbocycles. The minimum absolute atomic E-state index is 0.00389. The first-order chi connectivity index (χ1) is 12.1. The Morgan fingerprint density at radius 2 is 1.68 bits per heavy atom. The van der Waals surface area contributed by atoms with Gasteiger partial charge in [0.1, 0.15) is 0 Å². The van der Waals surface area contributed by atoms with Crippen LogP contribution >= 0.6 is 0 Å². The van der Waals surface area contributed by atoms with E-state index >= 15 is 0 Å². The number of nitrogens with one attached hydrogen (secondary N) is 2. The highest BCUT2D eigenvalue weighted by molar-refractivity contribution is 5.76. The van der Waals surface area contributed by atoms with Crippen molar-refractivity contribution in [2.75, 3.05) is 72.1 Å². The smallest absolute Gasteiger partial charge is 0.320 e. The molecule has 3 fully saturated rings. The number of morpholine rings is 1. The molecule has 3 saturated heterocycles. The lowest BCUT2D eigenvalue weighted by molar-refractivity contribution is 0.0392. The molecule has 142 valence electrons. The molecule has 0 aliphatic carbocycles. The normalized spacial score (nSPS) is 28.0. The molecule has 0 aromatic heterocycles. The van der Waals surface area contributed by atoms with Crippen molar-refractivity contribution < 1.29 is 14.3 Å². The molecule has 0 radical (unpaired) electrons. The number of nitrogens with zero attached hydrogens (tertiary/aromatic N) is 3. The third-order valence-corrected chi connectivity index (χ3v) is 5.60. The number of rotatable bonds is 2. The summed E-state index contributed by atoms with van der Waals surface area (Å²) in [7, 11) is 0. The molecule has 2 atom stereocenters. The Bertz CT molecular complexity index is 461. The summed E-state index contributed by atoms with van der Waals surface area (Å²) in [6.07, 6.45) is 1.11. The average Bonchev–Trinajstić information content (AvgIpc) is 2.67. The maximum Gasteiger partial charge on any atom is 0.320 e. The molecule has 0 aromatic carbocycles. The van der Waals surface area contributed by atoms with Crippen LogP contribution in [-0.2, 0) is 4.74 Å². The van der Waals surface area contributed by atoms with Crippen LogP contribution in [0, 0.1) is 11.8 Å². The van der Waals surface area contributed by atoms with Crippen LogP contribution in [0.25, 0.3) is 0 Å². The Labute approximate surface area is 149 Å². The van der Waals surface area contributed by atoms with E-state index in [-0.39, 0.29) is 12.1 Å². The Morgan fingerprint density at radius 3 is 2.36 bits per heavy atom. The van der Waals surface area contributed by atoms with Gasteiger partial charge in [-0.2, -0.15) is 0 Å². The summed E-state index contributed by atoms with van der Waals surface area (Å²) in [4.78, 5) is 30.4. The summed E-state index contributed by atoms with van der Waals surface area (Å²) in [5.41, 5.74) is 0. The number of ether oxygens (including phenoxy) is 1. The lowest BCUT2D eigenvalue weighted by atomic mass is 9.88. The number of hydrogen-bond donors (Lipinski definition) is 2. The molecule has 0 aromatic rings. The molecule has 25 heavy (non-hydrogen) atoms. The van der Waals surface area contributed by atoms with Crippen molar-refractivity contribution in [3.63, 3.8) is 0 Å². The van der Waals surface area contributed by atoms with Gasteiger partial charge in [-0.25, -0.2) is 9.59 Å². The van der Waals surface area contributed by atoms with Crippen molar-refractivity contribution >= 4 is 12.1 Å². The Hall–Kier alpha value is -1.54. The van der Waals surface area contributed by atoms with Crippen LogP contribution in [0.5, 0.6) is 0 Å². The first kappa shape index (κ1) is 18.3. The second kappa shape index (κ2) is 8.71. The number of urea groups is 2. The molecule has 0 bridgehead atoms. The van der Waals surface area contributed by atoms with Crippen LogP contribution in [0.1, 0.15) is 13.3 Å². The molecular formula is C17H31N5O3. The standard InChI is InChI=1S/C17H31N5O3/c1-14-12-18-3-2-15(14)13-19-16(23)20-4-6-21(7-5-20)17(24)22-8-10-25-11-9-22/h14-15,18H,2-13H2,1H3,(H,19,23). The molecule has 3 rings (SSSR count). The van der Waals surface area contributed by atoms with Crippen LogP contribution in [0.2, 0.25) is 0 Å². The highest BCUT2D eigenvalue weighted by atomic mass is 16.5. The molecule has 0 spiro atoms. The van der Waals surface area contributed by atoms with Gasteiger partial charge in [-0.1, -0.05) is 6.92 Å². The van der Waals surface area contributed by atoms with E-state index in [1.165, 1.54) is 0 Å². The molecule has 2 N–H and O–H groups in total. The quantitative estimate of drug-likeness (QED) is 0.733. The van der Waals surface area contributed by atoms with Gasteiger partial charge >= 0.3 is 12.1 Å². The molecule has 3 aliphatic rings. The first-order valence-electron chi connectivity index (χ1n) is 9.50. The topological polar surface area (TPSA) is 77.2 Å². The van der Waals surface area contributed by atoms with E-state index in [1.807, 2.05) is 14.7 Å². The van der Waals surface area contributed by atoms with Gasteiger partial charge in [0.05, 0.1) is 13.2 Å². The number of piperidine rings is 1. The van der Waals surface area contributed by atoms with Gasteiger partial charge in [-0.3, -0.25) is 0 Å². The van der Waals surface area contributed by atoms with E-state index in [1.54, 1.807) is 0 Å². The molecule has 4 amide bonds. The predicted molar refractivity (Wildman–Crippen MR) is 94.5 cm³/mol. The van der Waals surface area contributed by atoms with E-state index in [0.717, 1.165) is 26.1 Å². The van der Waals surface area contributed by atoms with Crippen molar-refractivity contribution in [2.24, 2.45) is 11.8 Å². The van der Waals surface area contributed by atoms with Gasteiger partial charge in [0.2, 0.25) is 0 Å². The van der Waals surface area contributed by atoms with Gasteiger partial charge in [-0.15, -0.1) is 0 Å².